The number of unbranched alkanes of at least 4 members (excludes halogenated alkanes) is 1. The van der Waals surface area contributed by atoms with E-state index in [1.165, 1.54) is 37.0 Å². The van der Waals surface area contributed by atoms with Crippen molar-refractivity contribution in [1.29, 1.82) is 0 Å². The molecule has 3 heteroatoms. The van der Waals surface area contributed by atoms with Crippen LogP contribution in [-0.2, 0) is 4.43 Å². The maximum absolute atomic E-state index is 5.90. The lowest BCUT2D eigenvalue weighted by Gasteiger charge is -2.28. The lowest BCUT2D eigenvalue weighted by atomic mass is 10.4. The fraction of sp³-hybridized carbons (Fsp3) is 1.00. The van der Waals surface area contributed by atoms with E-state index >= 15 is 0 Å². The van der Waals surface area contributed by atoms with Gasteiger partial charge in [-0.3, -0.25) is 0 Å². The van der Waals surface area contributed by atoms with Gasteiger partial charge in [-0.25, -0.2) is 0 Å². The fourth-order valence-electron chi connectivity index (χ4n) is 2.26. The molecule has 0 amide bonds. The largest absolute Gasteiger partial charge is 0.418 e. The van der Waals surface area contributed by atoms with Crippen LogP contribution in [0, 0.1) is 0 Å². The highest BCUT2D eigenvalue weighted by Gasteiger charge is 2.25. The summed E-state index contributed by atoms with van der Waals surface area (Å²) in [5, 5.41) is 0. The van der Waals surface area contributed by atoms with E-state index < -0.39 is 16.4 Å². The summed E-state index contributed by atoms with van der Waals surface area (Å²) in [7, 11) is -2.12. The van der Waals surface area contributed by atoms with Crippen molar-refractivity contribution >= 4 is 16.4 Å². The molecule has 0 unspecified atom stereocenters. The predicted molar refractivity (Wildman–Crippen MR) is 80.5 cm³/mol. The highest BCUT2D eigenvalue weighted by atomic mass is 28.4. The highest BCUT2D eigenvalue weighted by molar-refractivity contribution is 6.79. The summed E-state index contributed by atoms with van der Waals surface area (Å²) >= 11 is 0. The molecule has 0 fully saturated rings. The van der Waals surface area contributed by atoms with Crippen LogP contribution in [0.2, 0.25) is 43.8 Å². The summed E-state index contributed by atoms with van der Waals surface area (Å²) in [5.41, 5.74) is 0. The van der Waals surface area contributed by atoms with E-state index in [1.54, 1.807) is 0 Å². The van der Waals surface area contributed by atoms with Crippen LogP contribution in [-0.4, -0.2) is 23.0 Å². The van der Waals surface area contributed by atoms with Crippen molar-refractivity contribution in [3.63, 3.8) is 0 Å². The van der Waals surface area contributed by atoms with E-state index in [4.69, 9.17) is 4.43 Å². The third-order valence-electron chi connectivity index (χ3n) is 3.89. The Kier molecular flexibility index (Phi) is 7.86. The molecular weight excluding hydrogens is 228 g/mol. The lowest BCUT2D eigenvalue weighted by Crippen LogP contribution is -2.31. The van der Waals surface area contributed by atoms with Crippen LogP contribution >= 0.6 is 0 Å². The van der Waals surface area contributed by atoms with Gasteiger partial charge in [0.1, 0.15) is 0 Å². The van der Waals surface area contributed by atoms with Crippen LogP contribution < -0.4 is 0 Å². The van der Waals surface area contributed by atoms with Gasteiger partial charge in [0.25, 0.3) is 0 Å². The normalized spacial score (nSPS) is 13.1. The Balaban J connectivity index is 3.71. The fourth-order valence-corrected chi connectivity index (χ4v) is 6.58. The van der Waals surface area contributed by atoms with E-state index in [0.717, 1.165) is 6.61 Å². The summed E-state index contributed by atoms with van der Waals surface area (Å²) in [6.45, 7) is 15.0. The molecule has 0 spiro atoms. The van der Waals surface area contributed by atoms with Crippen LogP contribution in [0.1, 0.15) is 33.6 Å². The van der Waals surface area contributed by atoms with E-state index in [1.807, 2.05) is 0 Å². The molecule has 0 radical (unpaired) electrons. The van der Waals surface area contributed by atoms with Crippen LogP contribution in [0.5, 0.6) is 0 Å². The van der Waals surface area contributed by atoms with Gasteiger partial charge in [0.15, 0.2) is 8.32 Å². The maximum atomic E-state index is 5.90. The predicted octanol–water partition coefficient (Wildman–Crippen LogP) is 5.13. The molecule has 98 valence electrons. The Morgan fingerprint density at radius 1 is 0.812 bits per heavy atom. The van der Waals surface area contributed by atoms with E-state index in [0.29, 0.717) is 0 Å². The molecule has 16 heavy (non-hydrogen) atoms. The van der Waals surface area contributed by atoms with Crippen LogP contribution in [0.3, 0.4) is 0 Å². The molecule has 0 aromatic carbocycles. The van der Waals surface area contributed by atoms with Gasteiger partial charge in [0.2, 0.25) is 0 Å². The van der Waals surface area contributed by atoms with Crippen LogP contribution in [0.25, 0.3) is 0 Å². The minimum Gasteiger partial charge on any atom is -0.418 e. The zero-order valence-corrected chi connectivity index (χ0v) is 14.4. The molecule has 1 nitrogen and oxygen atoms in total. The van der Waals surface area contributed by atoms with Crippen molar-refractivity contribution in [2.24, 2.45) is 0 Å². The van der Waals surface area contributed by atoms with Gasteiger partial charge in [-0.15, -0.1) is 0 Å². The van der Waals surface area contributed by atoms with Gasteiger partial charge in [0, 0.05) is 6.61 Å². The average Bonchev–Trinajstić information content (AvgIpc) is 2.23. The summed E-state index contributed by atoms with van der Waals surface area (Å²) in [6, 6.07) is 5.92. The Hall–Kier alpha value is 0.394. The number of hydrogen-bond acceptors (Lipinski definition) is 1. The number of rotatable bonds is 9. The summed E-state index contributed by atoms with van der Waals surface area (Å²) in [5.74, 6) is 0. The molecule has 0 aliphatic heterocycles. The Morgan fingerprint density at radius 3 is 1.69 bits per heavy atom. The highest BCUT2D eigenvalue weighted by Crippen LogP contribution is 2.27. The molecule has 0 aliphatic rings. The molecule has 0 aliphatic carbocycles. The third-order valence-corrected chi connectivity index (χ3v) is 10.9. The molecule has 0 aromatic heterocycles. The quantitative estimate of drug-likeness (QED) is 0.413. The van der Waals surface area contributed by atoms with Gasteiger partial charge >= 0.3 is 0 Å². The Bertz CT molecular complexity index is 163. The van der Waals surface area contributed by atoms with Crippen molar-refractivity contribution in [2.45, 2.75) is 77.4 Å². The first-order valence-electron chi connectivity index (χ1n) is 7.03. The zero-order chi connectivity index (χ0) is 12.7. The second kappa shape index (κ2) is 7.67. The average molecular weight is 261 g/mol. The second-order valence-corrected chi connectivity index (χ2v) is 16.1. The molecule has 0 bridgehead atoms. The van der Waals surface area contributed by atoms with E-state index in [-0.39, 0.29) is 0 Å². The minimum atomic E-state index is -1.27. The SMILES string of the molecule is CC[Si](CC)(CC)CCCCO[Si](C)(C)C. The van der Waals surface area contributed by atoms with Crippen molar-refractivity contribution in [2.75, 3.05) is 6.61 Å². The lowest BCUT2D eigenvalue weighted by molar-refractivity contribution is 0.303. The van der Waals surface area contributed by atoms with E-state index in [2.05, 4.69) is 40.4 Å². The second-order valence-electron chi connectivity index (χ2n) is 5.98. The summed E-state index contributed by atoms with van der Waals surface area (Å²) in [6.07, 6.45) is 2.67. The van der Waals surface area contributed by atoms with E-state index in [9.17, 15) is 0 Å². The van der Waals surface area contributed by atoms with Gasteiger partial charge in [-0.05, 0) is 26.1 Å². The molecular formula is C13H32OSi2. The van der Waals surface area contributed by atoms with Crippen LogP contribution in [0.15, 0.2) is 0 Å². The topological polar surface area (TPSA) is 9.23 Å². The molecule has 0 aromatic rings. The van der Waals surface area contributed by atoms with Gasteiger partial charge in [0.05, 0.1) is 8.07 Å². The monoisotopic (exact) mass is 260 g/mol. The zero-order valence-electron chi connectivity index (χ0n) is 12.4. The molecule has 0 saturated heterocycles. The summed E-state index contributed by atoms with van der Waals surface area (Å²) in [4.78, 5) is 0. The smallest absolute Gasteiger partial charge is 0.183 e. The molecule has 0 N–H and O–H groups in total. The Morgan fingerprint density at radius 2 is 1.31 bits per heavy atom. The third kappa shape index (κ3) is 6.87. The minimum absolute atomic E-state index is 0.858. The maximum Gasteiger partial charge on any atom is 0.183 e. The standard InChI is InChI=1S/C13H32OSi2/c1-7-16(8-2,9-3)13-11-10-12-14-15(4,5)6/h7-13H2,1-6H3. The summed E-state index contributed by atoms with van der Waals surface area (Å²) < 4.78 is 5.90. The van der Waals surface area contributed by atoms with Crippen molar-refractivity contribution in [3.8, 4) is 0 Å². The van der Waals surface area contributed by atoms with Crippen molar-refractivity contribution in [3.05, 3.63) is 0 Å². The van der Waals surface area contributed by atoms with Gasteiger partial charge in [-0.1, -0.05) is 51.4 Å². The molecule has 0 rings (SSSR count). The number of hydrogen-bond donors (Lipinski definition) is 0. The first-order chi connectivity index (χ1) is 7.39. The van der Waals surface area contributed by atoms with Gasteiger partial charge < -0.3 is 4.43 Å². The Labute approximate surface area is 105 Å². The van der Waals surface area contributed by atoms with Crippen LogP contribution in [0.4, 0.5) is 0 Å². The van der Waals surface area contributed by atoms with Gasteiger partial charge in [-0.2, -0.15) is 0 Å². The molecule has 0 atom stereocenters. The molecule has 0 heterocycles. The molecule has 0 saturated carbocycles. The first-order valence-corrected chi connectivity index (χ1v) is 13.3. The van der Waals surface area contributed by atoms with Crippen molar-refractivity contribution < 1.29 is 4.43 Å². The first kappa shape index (κ1) is 16.4. The van der Waals surface area contributed by atoms with Crippen molar-refractivity contribution in [1.82, 2.24) is 0 Å².